The Labute approximate surface area is 140 Å². The molecule has 0 radical (unpaired) electrons. The molecule has 6 nitrogen and oxygen atoms in total. The zero-order valence-corrected chi connectivity index (χ0v) is 13.6. The Morgan fingerprint density at radius 2 is 2.00 bits per heavy atom. The highest BCUT2D eigenvalue weighted by Crippen LogP contribution is 2.22. The molecule has 24 heavy (non-hydrogen) atoms. The fraction of sp³-hybridized carbons (Fsp3) is 0.389. The third-order valence-electron chi connectivity index (χ3n) is 4.56. The number of aromatic nitrogens is 2. The second kappa shape index (κ2) is 6.97. The smallest absolute Gasteiger partial charge is 0.295 e. The number of piperidine rings is 1. The summed E-state index contributed by atoms with van der Waals surface area (Å²) in [6, 6.07) is 9.43. The lowest BCUT2D eigenvalue weighted by Gasteiger charge is -2.36. The van der Waals surface area contributed by atoms with Gasteiger partial charge in [-0.15, -0.1) is 0 Å². The van der Waals surface area contributed by atoms with E-state index in [4.69, 9.17) is 0 Å². The molecule has 1 fully saturated rings. The molecule has 2 unspecified atom stereocenters. The zero-order chi connectivity index (χ0) is 17.1. The van der Waals surface area contributed by atoms with E-state index >= 15 is 0 Å². The number of amides is 1. The number of ketones is 1. The molecule has 2 aromatic rings. The molecule has 1 amide bonds. The monoisotopic (exact) mass is 327 g/mol. The predicted molar refractivity (Wildman–Crippen MR) is 88.9 cm³/mol. The van der Waals surface area contributed by atoms with Crippen molar-refractivity contribution in [1.82, 2.24) is 14.7 Å². The number of nitrogens with zero attached hydrogens (tertiary/aromatic N) is 3. The van der Waals surface area contributed by atoms with Gasteiger partial charge in [-0.2, -0.15) is 5.10 Å². The number of carbonyl (C=O) groups excluding carboxylic acids is 2. The first-order chi connectivity index (χ1) is 11.6. The molecule has 0 aliphatic carbocycles. The van der Waals surface area contributed by atoms with E-state index in [1.165, 1.54) is 6.20 Å². The van der Waals surface area contributed by atoms with E-state index in [0.29, 0.717) is 6.54 Å². The molecule has 0 saturated carbocycles. The summed E-state index contributed by atoms with van der Waals surface area (Å²) in [6.45, 7) is 2.40. The Morgan fingerprint density at radius 1 is 1.25 bits per heavy atom. The SMILES string of the molecule is CC1CCC(CO)CN1C(=O)C(=O)c1cnn(-c2ccccc2)c1. The average molecular weight is 327 g/mol. The number of Topliss-reactive ketones (excluding diaryl/α,β-unsaturated/α-hetero) is 1. The molecule has 2 heterocycles. The minimum Gasteiger partial charge on any atom is -0.396 e. The summed E-state index contributed by atoms with van der Waals surface area (Å²) in [5.74, 6) is -1.03. The molecular weight excluding hydrogens is 306 g/mol. The van der Waals surface area contributed by atoms with E-state index in [1.54, 1.807) is 15.8 Å². The number of aliphatic hydroxyl groups excluding tert-OH is 1. The van der Waals surface area contributed by atoms with Crippen molar-refractivity contribution in [3.63, 3.8) is 0 Å². The van der Waals surface area contributed by atoms with Crippen molar-refractivity contribution in [2.24, 2.45) is 5.92 Å². The van der Waals surface area contributed by atoms with Crippen LogP contribution in [-0.4, -0.2) is 50.7 Å². The Kier molecular flexibility index (Phi) is 4.76. The normalized spacial score (nSPS) is 20.8. The van der Waals surface area contributed by atoms with Crippen molar-refractivity contribution >= 4 is 11.7 Å². The number of rotatable bonds is 4. The minimum atomic E-state index is -0.553. The number of carbonyl (C=O) groups is 2. The molecule has 1 N–H and O–H groups in total. The molecule has 0 spiro atoms. The lowest BCUT2D eigenvalue weighted by molar-refractivity contribution is -0.131. The summed E-state index contributed by atoms with van der Waals surface area (Å²) in [5.41, 5.74) is 1.11. The van der Waals surface area contributed by atoms with Crippen LogP contribution in [0.25, 0.3) is 5.69 Å². The molecule has 1 aliphatic heterocycles. The first-order valence-corrected chi connectivity index (χ1v) is 8.16. The van der Waals surface area contributed by atoms with Crippen molar-refractivity contribution in [2.45, 2.75) is 25.8 Å². The second-order valence-electron chi connectivity index (χ2n) is 6.27. The van der Waals surface area contributed by atoms with Crippen LogP contribution in [0, 0.1) is 5.92 Å². The summed E-state index contributed by atoms with van der Waals surface area (Å²) in [5, 5.41) is 13.5. The lowest BCUT2D eigenvalue weighted by Crippen LogP contribution is -2.48. The minimum absolute atomic E-state index is 0.00779. The molecule has 1 aliphatic rings. The maximum atomic E-state index is 12.6. The molecule has 1 aromatic heterocycles. The van der Waals surface area contributed by atoms with Gasteiger partial charge >= 0.3 is 0 Å². The van der Waals surface area contributed by atoms with Crippen LogP contribution in [0.15, 0.2) is 42.7 Å². The maximum absolute atomic E-state index is 12.6. The fourth-order valence-corrected chi connectivity index (χ4v) is 3.03. The molecule has 3 rings (SSSR count). The van der Waals surface area contributed by atoms with E-state index in [1.807, 2.05) is 37.3 Å². The molecule has 2 atom stereocenters. The van der Waals surface area contributed by atoms with Gasteiger partial charge in [0.2, 0.25) is 0 Å². The van der Waals surface area contributed by atoms with Gasteiger partial charge in [0.05, 0.1) is 17.4 Å². The summed E-state index contributed by atoms with van der Waals surface area (Å²) < 4.78 is 1.58. The van der Waals surface area contributed by atoms with Gasteiger partial charge in [-0.3, -0.25) is 9.59 Å². The highest BCUT2D eigenvalue weighted by atomic mass is 16.3. The number of likely N-dealkylation sites (tertiary alicyclic amines) is 1. The van der Waals surface area contributed by atoms with E-state index in [-0.39, 0.29) is 24.1 Å². The molecule has 1 saturated heterocycles. The summed E-state index contributed by atoms with van der Waals surface area (Å²) in [4.78, 5) is 26.7. The maximum Gasteiger partial charge on any atom is 0.295 e. The van der Waals surface area contributed by atoms with Gasteiger partial charge < -0.3 is 10.0 Å². The van der Waals surface area contributed by atoms with Gasteiger partial charge in [-0.05, 0) is 37.8 Å². The summed E-state index contributed by atoms with van der Waals surface area (Å²) in [6.07, 6.45) is 4.67. The quantitative estimate of drug-likeness (QED) is 0.685. The first-order valence-electron chi connectivity index (χ1n) is 8.16. The van der Waals surface area contributed by atoms with Crippen LogP contribution >= 0.6 is 0 Å². The van der Waals surface area contributed by atoms with Crippen molar-refractivity contribution in [1.29, 1.82) is 0 Å². The fourth-order valence-electron chi connectivity index (χ4n) is 3.03. The molecular formula is C18H21N3O3. The Bertz CT molecular complexity index is 726. The van der Waals surface area contributed by atoms with Gasteiger partial charge in [0.25, 0.3) is 11.7 Å². The predicted octanol–water partition coefficient (Wildman–Crippen LogP) is 1.67. The first kappa shape index (κ1) is 16.4. The van der Waals surface area contributed by atoms with Gasteiger partial charge in [-0.25, -0.2) is 4.68 Å². The standard InChI is InChI=1S/C18H21N3O3/c1-13-7-8-14(12-22)10-20(13)18(24)17(23)15-9-19-21(11-15)16-5-3-2-4-6-16/h2-6,9,11,13-14,22H,7-8,10,12H2,1H3. The molecule has 0 bridgehead atoms. The van der Waals surface area contributed by atoms with Gasteiger partial charge in [-0.1, -0.05) is 18.2 Å². The van der Waals surface area contributed by atoms with Gasteiger partial charge in [0, 0.05) is 25.4 Å². The van der Waals surface area contributed by atoms with Crippen LogP contribution in [0.3, 0.4) is 0 Å². The Morgan fingerprint density at radius 3 is 2.71 bits per heavy atom. The van der Waals surface area contributed by atoms with E-state index in [0.717, 1.165) is 18.5 Å². The Hall–Kier alpha value is -2.47. The van der Waals surface area contributed by atoms with E-state index in [2.05, 4.69) is 5.10 Å². The van der Waals surface area contributed by atoms with Gasteiger partial charge in [0.1, 0.15) is 0 Å². The zero-order valence-electron chi connectivity index (χ0n) is 13.6. The summed E-state index contributed by atoms with van der Waals surface area (Å²) >= 11 is 0. The largest absolute Gasteiger partial charge is 0.396 e. The van der Waals surface area contributed by atoms with Crippen LogP contribution in [0.2, 0.25) is 0 Å². The lowest BCUT2D eigenvalue weighted by atomic mass is 9.93. The van der Waals surface area contributed by atoms with Crippen molar-refractivity contribution in [2.75, 3.05) is 13.2 Å². The topological polar surface area (TPSA) is 75.4 Å². The van der Waals surface area contributed by atoms with Crippen molar-refractivity contribution in [3.8, 4) is 5.69 Å². The number of para-hydroxylation sites is 1. The van der Waals surface area contributed by atoms with Crippen molar-refractivity contribution < 1.29 is 14.7 Å². The van der Waals surface area contributed by atoms with E-state index < -0.39 is 11.7 Å². The molecule has 1 aromatic carbocycles. The number of aliphatic hydroxyl groups is 1. The average Bonchev–Trinajstić information content (AvgIpc) is 3.12. The highest BCUT2D eigenvalue weighted by Gasteiger charge is 2.33. The number of hydrogen-bond donors (Lipinski definition) is 1. The van der Waals surface area contributed by atoms with Crippen LogP contribution < -0.4 is 0 Å². The van der Waals surface area contributed by atoms with Crippen LogP contribution in [0.1, 0.15) is 30.1 Å². The Balaban J connectivity index is 1.76. The van der Waals surface area contributed by atoms with Crippen LogP contribution in [-0.2, 0) is 4.79 Å². The number of benzene rings is 1. The van der Waals surface area contributed by atoms with Crippen LogP contribution in [0.5, 0.6) is 0 Å². The number of hydrogen-bond acceptors (Lipinski definition) is 4. The molecule has 6 heteroatoms. The third kappa shape index (κ3) is 3.23. The van der Waals surface area contributed by atoms with Crippen molar-refractivity contribution in [3.05, 3.63) is 48.3 Å². The van der Waals surface area contributed by atoms with Gasteiger partial charge in [0.15, 0.2) is 0 Å². The molecule has 126 valence electrons. The van der Waals surface area contributed by atoms with E-state index in [9.17, 15) is 14.7 Å². The highest BCUT2D eigenvalue weighted by molar-refractivity contribution is 6.42. The summed E-state index contributed by atoms with van der Waals surface area (Å²) in [7, 11) is 0. The third-order valence-corrected chi connectivity index (χ3v) is 4.56. The second-order valence-corrected chi connectivity index (χ2v) is 6.27. The van der Waals surface area contributed by atoms with Crippen LogP contribution in [0.4, 0.5) is 0 Å².